The quantitative estimate of drug-likeness (QED) is 0.802. The number of rotatable bonds is 6. The summed E-state index contributed by atoms with van der Waals surface area (Å²) in [6, 6.07) is 0. The second-order valence-corrected chi connectivity index (χ2v) is 8.14. The molecule has 1 aromatic rings. The number of nitrogens with zero attached hydrogens (tertiary/aromatic N) is 2. The SMILES string of the molecule is CCS(=O)(=O)N1CCc2c(COCC3CC3)cncc2C1. The third kappa shape index (κ3) is 3.44. The van der Waals surface area contributed by atoms with Crippen LogP contribution in [-0.2, 0) is 34.3 Å². The first-order valence-corrected chi connectivity index (χ1v) is 9.21. The van der Waals surface area contributed by atoms with Crippen molar-refractivity contribution >= 4 is 10.0 Å². The van der Waals surface area contributed by atoms with Gasteiger partial charge < -0.3 is 4.74 Å². The number of pyridine rings is 1. The van der Waals surface area contributed by atoms with Gasteiger partial charge in [-0.05, 0) is 48.8 Å². The monoisotopic (exact) mass is 310 g/mol. The van der Waals surface area contributed by atoms with Crippen LogP contribution in [0.2, 0.25) is 0 Å². The summed E-state index contributed by atoms with van der Waals surface area (Å²) in [7, 11) is -3.12. The van der Waals surface area contributed by atoms with Gasteiger partial charge >= 0.3 is 0 Å². The highest BCUT2D eigenvalue weighted by Crippen LogP contribution is 2.29. The summed E-state index contributed by atoms with van der Waals surface area (Å²) < 4.78 is 31.3. The normalized spacial score (nSPS) is 19.5. The van der Waals surface area contributed by atoms with Gasteiger partial charge in [0.25, 0.3) is 0 Å². The van der Waals surface area contributed by atoms with Crippen molar-refractivity contribution in [1.82, 2.24) is 9.29 Å². The molecule has 0 unspecified atom stereocenters. The zero-order chi connectivity index (χ0) is 14.9. The highest BCUT2D eigenvalue weighted by molar-refractivity contribution is 7.89. The molecule has 2 aliphatic rings. The van der Waals surface area contributed by atoms with Crippen LogP contribution in [0, 0.1) is 5.92 Å². The van der Waals surface area contributed by atoms with Gasteiger partial charge in [-0.3, -0.25) is 4.98 Å². The molecule has 0 radical (unpaired) electrons. The first-order chi connectivity index (χ1) is 10.1. The maximum Gasteiger partial charge on any atom is 0.214 e. The lowest BCUT2D eigenvalue weighted by Gasteiger charge is -2.28. The fourth-order valence-corrected chi connectivity index (χ4v) is 3.78. The number of hydrogen-bond acceptors (Lipinski definition) is 4. The van der Waals surface area contributed by atoms with E-state index >= 15 is 0 Å². The maximum atomic E-state index is 12.0. The van der Waals surface area contributed by atoms with E-state index in [0.717, 1.165) is 30.1 Å². The van der Waals surface area contributed by atoms with E-state index in [0.29, 0.717) is 19.7 Å². The molecule has 1 fully saturated rings. The van der Waals surface area contributed by atoms with Gasteiger partial charge in [-0.2, -0.15) is 4.31 Å². The fraction of sp³-hybridized carbons (Fsp3) is 0.667. The van der Waals surface area contributed by atoms with Gasteiger partial charge in [-0.25, -0.2) is 8.42 Å². The second kappa shape index (κ2) is 6.02. The molecule has 1 aliphatic carbocycles. The molecule has 6 heteroatoms. The van der Waals surface area contributed by atoms with Crippen LogP contribution in [0.5, 0.6) is 0 Å². The Morgan fingerprint density at radius 2 is 2.19 bits per heavy atom. The van der Waals surface area contributed by atoms with Gasteiger partial charge in [0, 0.05) is 32.1 Å². The van der Waals surface area contributed by atoms with Crippen molar-refractivity contribution < 1.29 is 13.2 Å². The lowest BCUT2D eigenvalue weighted by atomic mass is 9.99. The minimum Gasteiger partial charge on any atom is -0.376 e. The van der Waals surface area contributed by atoms with Crippen molar-refractivity contribution in [3.8, 4) is 0 Å². The Morgan fingerprint density at radius 1 is 1.38 bits per heavy atom. The summed E-state index contributed by atoms with van der Waals surface area (Å²) in [6.45, 7) is 4.11. The molecule has 0 N–H and O–H groups in total. The van der Waals surface area contributed by atoms with E-state index in [9.17, 15) is 8.42 Å². The van der Waals surface area contributed by atoms with E-state index in [1.165, 1.54) is 18.4 Å². The molecule has 0 saturated heterocycles. The predicted molar refractivity (Wildman–Crippen MR) is 80.2 cm³/mol. The first-order valence-electron chi connectivity index (χ1n) is 7.60. The maximum absolute atomic E-state index is 12.0. The van der Waals surface area contributed by atoms with Crippen LogP contribution in [0.1, 0.15) is 36.5 Å². The lowest BCUT2D eigenvalue weighted by molar-refractivity contribution is 0.110. The Morgan fingerprint density at radius 3 is 2.90 bits per heavy atom. The summed E-state index contributed by atoms with van der Waals surface area (Å²) >= 11 is 0. The Bertz CT molecular complexity index is 611. The fourth-order valence-electron chi connectivity index (χ4n) is 2.71. The number of hydrogen-bond donors (Lipinski definition) is 0. The van der Waals surface area contributed by atoms with E-state index in [-0.39, 0.29) is 5.75 Å². The van der Waals surface area contributed by atoms with Crippen molar-refractivity contribution in [3.05, 3.63) is 29.1 Å². The Labute approximate surface area is 126 Å². The van der Waals surface area contributed by atoms with Crippen LogP contribution in [0.3, 0.4) is 0 Å². The lowest BCUT2D eigenvalue weighted by Crippen LogP contribution is -2.37. The highest BCUT2D eigenvalue weighted by Gasteiger charge is 2.27. The van der Waals surface area contributed by atoms with Crippen LogP contribution < -0.4 is 0 Å². The van der Waals surface area contributed by atoms with Crippen molar-refractivity contribution in [2.24, 2.45) is 5.92 Å². The van der Waals surface area contributed by atoms with Crippen LogP contribution in [0.4, 0.5) is 0 Å². The van der Waals surface area contributed by atoms with Crippen molar-refractivity contribution in [2.45, 2.75) is 39.3 Å². The zero-order valence-corrected chi connectivity index (χ0v) is 13.2. The van der Waals surface area contributed by atoms with Crippen LogP contribution in [-0.4, -0.2) is 36.6 Å². The van der Waals surface area contributed by atoms with E-state index in [2.05, 4.69) is 4.98 Å². The molecule has 0 spiro atoms. The zero-order valence-electron chi connectivity index (χ0n) is 12.4. The average molecular weight is 310 g/mol. The third-order valence-electron chi connectivity index (χ3n) is 4.26. The molecule has 116 valence electrons. The summed E-state index contributed by atoms with van der Waals surface area (Å²) in [4.78, 5) is 4.25. The van der Waals surface area contributed by atoms with Crippen LogP contribution in [0.15, 0.2) is 12.4 Å². The summed E-state index contributed by atoms with van der Waals surface area (Å²) in [5.74, 6) is 0.905. The average Bonchev–Trinajstić information content (AvgIpc) is 3.31. The molecule has 21 heavy (non-hydrogen) atoms. The standard InChI is InChI=1S/C15H22N2O3S/c1-2-21(18,19)17-6-5-15-13(9-17)7-16-8-14(15)11-20-10-12-3-4-12/h7-8,12H,2-6,9-11H2,1H3. The molecule has 2 heterocycles. The number of sulfonamides is 1. The van der Waals surface area contributed by atoms with Gasteiger partial charge in [-0.1, -0.05) is 0 Å². The van der Waals surface area contributed by atoms with Gasteiger partial charge in [0.15, 0.2) is 0 Å². The predicted octanol–water partition coefficient (Wildman–Crippen LogP) is 1.72. The minimum absolute atomic E-state index is 0.153. The first kappa shape index (κ1) is 14.9. The van der Waals surface area contributed by atoms with E-state index in [1.54, 1.807) is 17.4 Å². The van der Waals surface area contributed by atoms with Crippen molar-refractivity contribution in [2.75, 3.05) is 18.9 Å². The van der Waals surface area contributed by atoms with Gasteiger partial charge in [-0.15, -0.1) is 0 Å². The molecule has 3 rings (SSSR count). The Hall–Kier alpha value is -0.980. The van der Waals surface area contributed by atoms with Crippen LogP contribution >= 0.6 is 0 Å². The molecule has 1 aromatic heterocycles. The molecule has 1 saturated carbocycles. The number of ether oxygens (including phenoxy) is 1. The van der Waals surface area contributed by atoms with E-state index in [4.69, 9.17) is 4.74 Å². The minimum atomic E-state index is -3.12. The molecule has 1 aliphatic heterocycles. The molecule has 0 amide bonds. The highest BCUT2D eigenvalue weighted by atomic mass is 32.2. The van der Waals surface area contributed by atoms with Crippen LogP contribution in [0.25, 0.3) is 0 Å². The number of fused-ring (bicyclic) bond motifs is 1. The smallest absolute Gasteiger partial charge is 0.214 e. The van der Waals surface area contributed by atoms with Gasteiger partial charge in [0.1, 0.15) is 0 Å². The van der Waals surface area contributed by atoms with Crippen molar-refractivity contribution in [1.29, 1.82) is 0 Å². The summed E-state index contributed by atoms with van der Waals surface area (Å²) in [6.07, 6.45) is 6.97. The van der Waals surface area contributed by atoms with E-state index in [1.807, 2.05) is 6.20 Å². The Kier molecular flexibility index (Phi) is 4.28. The van der Waals surface area contributed by atoms with Gasteiger partial charge in [0.2, 0.25) is 10.0 Å². The Balaban J connectivity index is 1.71. The summed E-state index contributed by atoms with van der Waals surface area (Å²) in [5.41, 5.74) is 3.36. The largest absolute Gasteiger partial charge is 0.376 e. The third-order valence-corrected chi connectivity index (χ3v) is 6.09. The van der Waals surface area contributed by atoms with Gasteiger partial charge in [0.05, 0.1) is 12.4 Å². The molecular weight excluding hydrogens is 288 g/mol. The van der Waals surface area contributed by atoms with E-state index < -0.39 is 10.0 Å². The second-order valence-electron chi connectivity index (χ2n) is 5.88. The number of aromatic nitrogens is 1. The molecule has 0 aromatic carbocycles. The summed E-state index contributed by atoms with van der Waals surface area (Å²) in [5, 5.41) is 0. The topological polar surface area (TPSA) is 59.5 Å². The molecule has 0 atom stereocenters. The molecule has 0 bridgehead atoms. The van der Waals surface area contributed by atoms with Crippen molar-refractivity contribution in [3.63, 3.8) is 0 Å². The molecular formula is C15H22N2O3S. The molecule has 5 nitrogen and oxygen atoms in total.